The van der Waals surface area contributed by atoms with Crippen LogP contribution in [0.15, 0.2) is 0 Å². The van der Waals surface area contributed by atoms with Gasteiger partial charge in [0, 0.05) is 0 Å². The quantitative estimate of drug-likeness (QED) is 0.310. The van der Waals surface area contributed by atoms with Crippen molar-refractivity contribution in [2.45, 2.75) is 0 Å². The molecule has 0 bridgehead atoms. The molecule has 102 valence electrons. The first kappa shape index (κ1) is 11.5. The molecule has 0 aliphatic heterocycles. The third kappa shape index (κ3) is 2.47. The van der Waals surface area contributed by atoms with Crippen LogP contribution in [-0.4, -0.2) is 50.8 Å². The number of H-pyrrole nitrogens is 2. The third-order valence-electron chi connectivity index (χ3n) is 1.93. The van der Waals surface area contributed by atoms with E-state index in [-0.39, 0.29) is 35.7 Å². The molecule has 3 aromatic heterocycles. The lowest BCUT2D eigenvalue weighted by Gasteiger charge is -1.99. The molecule has 20 heavy (non-hydrogen) atoms. The fraction of sp³-hybridized carbons (Fsp3) is 0. The Morgan fingerprint density at radius 3 is 1.35 bits per heavy atom. The Bertz CT molecular complexity index is 633. The maximum absolute atomic E-state index is 5.37. The molecule has 0 saturated heterocycles. The van der Waals surface area contributed by atoms with Gasteiger partial charge in [-0.2, -0.15) is 9.97 Å². The summed E-state index contributed by atoms with van der Waals surface area (Å²) in [6.45, 7) is 0. The summed E-state index contributed by atoms with van der Waals surface area (Å²) in [7, 11) is 0. The summed E-state index contributed by atoms with van der Waals surface area (Å²) in [5.41, 5.74) is 10.7. The van der Waals surface area contributed by atoms with Crippen molar-refractivity contribution in [1.82, 2.24) is 50.8 Å². The number of rotatable bonds is 4. The van der Waals surface area contributed by atoms with Gasteiger partial charge >= 0.3 is 0 Å². The first-order valence-electron chi connectivity index (χ1n) is 5.16. The molecule has 0 fully saturated rings. The molecular formula is C6H8N14. The van der Waals surface area contributed by atoms with Crippen LogP contribution in [0.2, 0.25) is 0 Å². The molecule has 0 aliphatic carbocycles. The second-order valence-corrected chi connectivity index (χ2v) is 3.39. The summed E-state index contributed by atoms with van der Waals surface area (Å²) in [4.78, 5) is 7.62. The minimum absolute atomic E-state index is 0.101. The Morgan fingerprint density at radius 2 is 1.05 bits per heavy atom. The van der Waals surface area contributed by atoms with Crippen LogP contribution >= 0.6 is 0 Å². The summed E-state index contributed by atoms with van der Waals surface area (Å²) in [6, 6.07) is 0. The van der Waals surface area contributed by atoms with E-state index in [2.05, 4.69) is 61.4 Å². The molecule has 0 spiro atoms. The van der Waals surface area contributed by atoms with Crippen LogP contribution in [0.4, 0.5) is 35.7 Å². The number of nitrogens with two attached hydrogens (primary N) is 2. The maximum atomic E-state index is 5.37. The minimum Gasteiger partial charge on any atom is -0.368 e. The molecule has 0 unspecified atom stereocenters. The van der Waals surface area contributed by atoms with E-state index in [1.165, 1.54) is 0 Å². The summed E-state index contributed by atoms with van der Waals surface area (Å²) in [5, 5.41) is 32.7. The van der Waals surface area contributed by atoms with E-state index in [1.807, 2.05) is 0 Å². The molecule has 8 N–H and O–H groups in total. The highest BCUT2D eigenvalue weighted by Gasteiger charge is 2.07. The highest BCUT2D eigenvalue weighted by molar-refractivity contribution is 5.45. The van der Waals surface area contributed by atoms with Crippen molar-refractivity contribution < 1.29 is 0 Å². The minimum atomic E-state index is 0.101. The third-order valence-corrected chi connectivity index (χ3v) is 1.93. The molecule has 3 heterocycles. The molecule has 0 amide bonds. The highest BCUT2D eigenvalue weighted by atomic mass is 15.4. The van der Waals surface area contributed by atoms with Gasteiger partial charge in [-0.1, -0.05) is 0 Å². The van der Waals surface area contributed by atoms with Crippen LogP contribution in [0.5, 0.6) is 0 Å². The van der Waals surface area contributed by atoms with Crippen molar-refractivity contribution in [3.05, 3.63) is 0 Å². The van der Waals surface area contributed by atoms with Crippen LogP contribution in [0, 0.1) is 0 Å². The van der Waals surface area contributed by atoms with E-state index < -0.39 is 0 Å². The summed E-state index contributed by atoms with van der Waals surface area (Å²) >= 11 is 0. The van der Waals surface area contributed by atoms with Gasteiger partial charge in [0.15, 0.2) is 0 Å². The molecule has 3 aromatic rings. The molecule has 14 nitrogen and oxygen atoms in total. The van der Waals surface area contributed by atoms with Crippen molar-refractivity contribution in [2.24, 2.45) is 0 Å². The monoisotopic (exact) mass is 276 g/mol. The van der Waals surface area contributed by atoms with Crippen molar-refractivity contribution in [1.29, 1.82) is 0 Å². The van der Waals surface area contributed by atoms with Gasteiger partial charge in [-0.3, -0.25) is 10.6 Å². The van der Waals surface area contributed by atoms with Crippen LogP contribution in [-0.2, 0) is 0 Å². The van der Waals surface area contributed by atoms with E-state index in [0.717, 1.165) is 0 Å². The lowest BCUT2D eigenvalue weighted by Crippen LogP contribution is -2.06. The van der Waals surface area contributed by atoms with Crippen molar-refractivity contribution in [3.63, 3.8) is 0 Å². The number of nitrogens with zero attached hydrogens (tertiary/aromatic N) is 8. The number of anilines is 6. The van der Waals surface area contributed by atoms with Gasteiger partial charge in [-0.15, -0.1) is 30.6 Å². The van der Waals surface area contributed by atoms with E-state index in [9.17, 15) is 0 Å². The summed E-state index contributed by atoms with van der Waals surface area (Å²) < 4.78 is 0. The van der Waals surface area contributed by atoms with Gasteiger partial charge in [0.1, 0.15) is 0 Å². The summed E-state index contributed by atoms with van der Waals surface area (Å²) in [6.07, 6.45) is 0. The highest BCUT2D eigenvalue weighted by Crippen LogP contribution is 2.08. The Kier molecular flexibility index (Phi) is 2.64. The number of hydrogen-bond donors (Lipinski definition) is 6. The normalized spacial score (nSPS) is 10.4. The molecule has 0 aliphatic rings. The van der Waals surface area contributed by atoms with Gasteiger partial charge in [0.25, 0.3) is 23.8 Å². The number of nitrogens with one attached hydrogen (secondary N) is 4. The maximum Gasteiger partial charge on any atom is 0.269 e. The van der Waals surface area contributed by atoms with E-state index >= 15 is 0 Å². The van der Waals surface area contributed by atoms with Crippen molar-refractivity contribution in [3.8, 4) is 0 Å². The van der Waals surface area contributed by atoms with Gasteiger partial charge in [-0.25, -0.2) is 10.2 Å². The van der Waals surface area contributed by atoms with Crippen LogP contribution in [0.1, 0.15) is 0 Å². The zero-order chi connectivity index (χ0) is 13.9. The molecule has 0 aromatic carbocycles. The van der Waals surface area contributed by atoms with E-state index in [1.54, 1.807) is 0 Å². The Hall–Kier alpha value is -3.58. The van der Waals surface area contributed by atoms with Crippen LogP contribution in [0.25, 0.3) is 0 Å². The molecule has 0 atom stereocenters. The lowest BCUT2D eigenvalue weighted by molar-refractivity contribution is 0.869. The van der Waals surface area contributed by atoms with Crippen molar-refractivity contribution >= 4 is 35.7 Å². The Balaban J connectivity index is 1.68. The Labute approximate surface area is 109 Å². The second-order valence-electron chi connectivity index (χ2n) is 3.39. The standard InChI is InChI=1S/C6H8N14/c7-1-9-3(15-13-1)11-5-17-19-6(20-18-5)12-4-10-2(8)14-16-4/h(H4,7,9,11,13,15,17,18)(H4,8,10,12,14,16,19,20). The van der Waals surface area contributed by atoms with Crippen LogP contribution in [0.3, 0.4) is 0 Å². The fourth-order valence-electron chi connectivity index (χ4n) is 1.19. The topological polar surface area (TPSA) is 211 Å². The first-order valence-corrected chi connectivity index (χ1v) is 5.16. The Morgan fingerprint density at radius 1 is 0.650 bits per heavy atom. The van der Waals surface area contributed by atoms with Gasteiger partial charge in [-0.05, 0) is 0 Å². The average Bonchev–Trinajstić information content (AvgIpc) is 3.01. The van der Waals surface area contributed by atoms with E-state index in [0.29, 0.717) is 0 Å². The van der Waals surface area contributed by atoms with E-state index in [4.69, 9.17) is 11.5 Å². The smallest absolute Gasteiger partial charge is 0.269 e. The zero-order valence-corrected chi connectivity index (χ0v) is 9.73. The van der Waals surface area contributed by atoms with Crippen LogP contribution < -0.4 is 22.1 Å². The SMILES string of the molecule is Nc1nc(Nc2nnc(Nc3n[nH]c(N)n3)nn2)n[nH]1. The number of nitrogen functional groups attached to an aromatic ring is 2. The second kappa shape index (κ2) is 4.59. The fourth-order valence-corrected chi connectivity index (χ4v) is 1.19. The summed E-state index contributed by atoms with van der Waals surface area (Å²) in [5.74, 6) is 0.929. The molecule has 0 radical (unpaired) electrons. The molecule has 14 heteroatoms. The largest absolute Gasteiger partial charge is 0.368 e. The van der Waals surface area contributed by atoms with Crippen molar-refractivity contribution in [2.75, 3.05) is 22.1 Å². The number of aromatic amines is 2. The lowest BCUT2D eigenvalue weighted by atomic mass is 10.8. The van der Waals surface area contributed by atoms with Gasteiger partial charge in [0.05, 0.1) is 0 Å². The van der Waals surface area contributed by atoms with Gasteiger partial charge < -0.3 is 11.5 Å². The first-order chi connectivity index (χ1) is 9.69. The molecule has 0 saturated carbocycles. The predicted octanol–water partition coefficient (Wildman–Crippen LogP) is -1.85. The average molecular weight is 276 g/mol. The molecular weight excluding hydrogens is 268 g/mol. The zero-order valence-electron chi connectivity index (χ0n) is 9.73. The number of aromatic nitrogens is 10. The number of hydrogen-bond acceptors (Lipinski definition) is 12. The predicted molar refractivity (Wildman–Crippen MR) is 65.8 cm³/mol. The van der Waals surface area contributed by atoms with Gasteiger partial charge in [0.2, 0.25) is 11.9 Å². The molecule has 3 rings (SSSR count).